The second kappa shape index (κ2) is 6.36. The van der Waals surface area contributed by atoms with Gasteiger partial charge in [0, 0.05) is 13.6 Å². The van der Waals surface area contributed by atoms with Gasteiger partial charge in [-0.1, -0.05) is 19.3 Å². The fraction of sp³-hybridized carbons (Fsp3) is 0.917. The molecule has 1 unspecified atom stereocenters. The second-order valence-electron chi connectivity index (χ2n) is 5.09. The van der Waals surface area contributed by atoms with Crippen LogP contribution in [0.2, 0.25) is 0 Å². The van der Waals surface area contributed by atoms with Crippen LogP contribution in [0.4, 0.5) is 0 Å². The van der Waals surface area contributed by atoms with Crippen LogP contribution < -0.4 is 0 Å². The molecule has 1 aliphatic carbocycles. The smallest absolute Gasteiger partial charge is 0.212 e. The molecule has 0 radical (unpaired) electrons. The van der Waals surface area contributed by atoms with E-state index in [1.54, 1.807) is 14.0 Å². The van der Waals surface area contributed by atoms with Crippen LogP contribution in [0.15, 0.2) is 0 Å². The van der Waals surface area contributed by atoms with Gasteiger partial charge in [-0.2, -0.15) is 5.26 Å². The molecule has 1 fully saturated rings. The number of hydrogen-bond donors (Lipinski definition) is 0. The zero-order valence-electron chi connectivity index (χ0n) is 10.7. The molecule has 0 bridgehead atoms. The van der Waals surface area contributed by atoms with Crippen molar-refractivity contribution in [1.29, 1.82) is 5.26 Å². The number of nitriles is 1. The predicted octanol–water partition coefficient (Wildman–Crippen LogP) is 1.99. The van der Waals surface area contributed by atoms with E-state index in [-0.39, 0.29) is 11.7 Å². The van der Waals surface area contributed by atoms with Crippen LogP contribution >= 0.6 is 0 Å². The van der Waals surface area contributed by atoms with Crippen molar-refractivity contribution in [2.45, 2.75) is 39.0 Å². The van der Waals surface area contributed by atoms with Gasteiger partial charge in [0.2, 0.25) is 10.0 Å². The summed E-state index contributed by atoms with van der Waals surface area (Å²) in [6, 6.07) is 2.07. The summed E-state index contributed by atoms with van der Waals surface area (Å²) in [7, 11) is -1.61. The molecule has 4 nitrogen and oxygen atoms in total. The first-order chi connectivity index (χ1) is 7.95. The van der Waals surface area contributed by atoms with E-state index in [0.29, 0.717) is 12.5 Å². The fourth-order valence-electron chi connectivity index (χ4n) is 2.32. The molecule has 0 saturated heterocycles. The lowest BCUT2D eigenvalue weighted by atomic mass is 9.91. The monoisotopic (exact) mass is 258 g/mol. The molecule has 0 N–H and O–H groups in total. The highest BCUT2D eigenvalue weighted by molar-refractivity contribution is 7.89. The number of sulfonamides is 1. The minimum Gasteiger partial charge on any atom is -0.212 e. The van der Waals surface area contributed by atoms with Gasteiger partial charge in [-0.25, -0.2) is 12.7 Å². The minimum atomic E-state index is -3.18. The van der Waals surface area contributed by atoms with Crippen molar-refractivity contribution in [1.82, 2.24) is 4.31 Å². The molecule has 1 saturated carbocycles. The molecule has 0 aromatic rings. The zero-order chi connectivity index (χ0) is 12.9. The SMILES string of the molecule is CC(C#N)CN(C)S(=O)(=O)CC1CCCCC1. The van der Waals surface area contributed by atoms with Gasteiger partial charge in [-0.3, -0.25) is 0 Å². The molecular formula is C12H22N2O2S. The summed E-state index contributed by atoms with van der Waals surface area (Å²) in [6.07, 6.45) is 5.59. The highest BCUT2D eigenvalue weighted by atomic mass is 32.2. The standard InChI is InChI=1S/C12H22N2O2S/c1-11(8-13)9-14(2)17(15,16)10-12-6-4-3-5-7-12/h11-12H,3-7,9-10H2,1-2H3. The van der Waals surface area contributed by atoms with E-state index in [2.05, 4.69) is 6.07 Å². The summed E-state index contributed by atoms with van der Waals surface area (Å²) < 4.78 is 25.5. The minimum absolute atomic E-state index is 0.249. The lowest BCUT2D eigenvalue weighted by Crippen LogP contribution is -2.35. The van der Waals surface area contributed by atoms with Crippen molar-refractivity contribution in [2.75, 3.05) is 19.3 Å². The van der Waals surface area contributed by atoms with Crippen LogP contribution in [0, 0.1) is 23.2 Å². The Bertz CT molecular complexity index is 366. The number of rotatable bonds is 5. The first kappa shape index (κ1) is 14.5. The quantitative estimate of drug-likeness (QED) is 0.757. The van der Waals surface area contributed by atoms with E-state index < -0.39 is 10.0 Å². The maximum absolute atomic E-state index is 12.1. The van der Waals surface area contributed by atoms with E-state index in [9.17, 15) is 8.42 Å². The predicted molar refractivity (Wildman–Crippen MR) is 67.8 cm³/mol. The van der Waals surface area contributed by atoms with Crippen molar-refractivity contribution < 1.29 is 8.42 Å². The Hall–Kier alpha value is -0.600. The maximum atomic E-state index is 12.1. The van der Waals surface area contributed by atoms with E-state index in [1.807, 2.05) is 0 Å². The van der Waals surface area contributed by atoms with Crippen molar-refractivity contribution in [3.8, 4) is 6.07 Å². The lowest BCUT2D eigenvalue weighted by Gasteiger charge is -2.25. The second-order valence-corrected chi connectivity index (χ2v) is 7.21. The Morgan fingerprint density at radius 2 is 1.94 bits per heavy atom. The topological polar surface area (TPSA) is 61.2 Å². The maximum Gasteiger partial charge on any atom is 0.214 e. The number of nitrogens with zero attached hydrogens (tertiary/aromatic N) is 2. The van der Waals surface area contributed by atoms with Gasteiger partial charge in [0.25, 0.3) is 0 Å². The van der Waals surface area contributed by atoms with Crippen LogP contribution in [-0.4, -0.2) is 32.1 Å². The summed E-state index contributed by atoms with van der Waals surface area (Å²) in [5.74, 6) is 0.316. The molecule has 0 aliphatic heterocycles. The molecule has 0 heterocycles. The molecular weight excluding hydrogens is 236 g/mol. The van der Waals surface area contributed by atoms with Crippen LogP contribution in [0.5, 0.6) is 0 Å². The summed E-state index contributed by atoms with van der Waals surface area (Å²) >= 11 is 0. The normalized spacial score (nSPS) is 20.1. The molecule has 1 atom stereocenters. The van der Waals surface area contributed by atoms with Crippen molar-refractivity contribution >= 4 is 10.0 Å². The Labute approximate surface area is 105 Å². The molecule has 5 heteroatoms. The Kier molecular flexibility index (Phi) is 5.41. The molecule has 1 aliphatic rings. The molecule has 0 aromatic carbocycles. The van der Waals surface area contributed by atoms with Crippen LogP contribution in [0.1, 0.15) is 39.0 Å². The Morgan fingerprint density at radius 3 is 2.47 bits per heavy atom. The molecule has 1 rings (SSSR count). The van der Waals surface area contributed by atoms with Gasteiger partial charge in [0.05, 0.1) is 17.7 Å². The van der Waals surface area contributed by atoms with Crippen LogP contribution in [0.3, 0.4) is 0 Å². The summed E-state index contributed by atoms with van der Waals surface area (Å²) in [5, 5.41) is 8.70. The van der Waals surface area contributed by atoms with E-state index in [0.717, 1.165) is 25.7 Å². The highest BCUT2D eigenvalue weighted by Crippen LogP contribution is 2.25. The average molecular weight is 258 g/mol. The highest BCUT2D eigenvalue weighted by Gasteiger charge is 2.25. The van der Waals surface area contributed by atoms with Gasteiger partial charge in [0.1, 0.15) is 0 Å². The van der Waals surface area contributed by atoms with E-state index in [1.165, 1.54) is 10.7 Å². The summed E-state index contributed by atoms with van der Waals surface area (Å²) in [6.45, 7) is 2.04. The third kappa shape index (κ3) is 4.64. The zero-order valence-corrected chi connectivity index (χ0v) is 11.5. The lowest BCUT2D eigenvalue weighted by molar-refractivity contribution is 0.372. The van der Waals surface area contributed by atoms with Crippen molar-refractivity contribution in [2.24, 2.45) is 11.8 Å². The van der Waals surface area contributed by atoms with Crippen LogP contribution in [0.25, 0.3) is 0 Å². The Balaban J connectivity index is 2.52. The van der Waals surface area contributed by atoms with E-state index >= 15 is 0 Å². The molecule has 0 spiro atoms. The van der Waals surface area contributed by atoms with Gasteiger partial charge < -0.3 is 0 Å². The third-order valence-electron chi connectivity index (χ3n) is 3.40. The number of hydrogen-bond acceptors (Lipinski definition) is 3. The molecule has 98 valence electrons. The molecule has 17 heavy (non-hydrogen) atoms. The first-order valence-electron chi connectivity index (χ1n) is 6.29. The third-order valence-corrected chi connectivity index (χ3v) is 5.39. The van der Waals surface area contributed by atoms with Gasteiger partial charge in [0.15, 0.2) is 0 Å². The van der Waals surface area contributed by atoms with Gasteiger partial charge in [-0.15, -0.1) is 0 Å². The van der Waals surface area contributed by atoms with Gasteiger partial charge >= 0.3 is 0 Å². The summed E-state index contributed by atoms with van der Waals surface area (Å²) in [4.78, 5) is 0. The van der Waals surface area contributed by atoms with E-state index in [4.69, 9.17) is 5.26 Å². The van der Waals surface area contributed by atoms with Crippen molar-refractivity contribution in [3.63, 3.8) is 0 Å². The van der Waals surface area contributed by atoms with Gasteiger partial charge in [-0.05, 0) is 25.7 Å². The average Bonchev–Trinajstić information content (AvgIpc) is 2.29. The summed E-state index contributed by atoms with van der Waals surface area (Å²) in [5.41, 5.74) is 0. The fourth-order valence-corrected chi connectivity index (χ4v) is 3.95. The largest absolute Gasteiger partial charge is 0.214 e. The van der Waals surface area contributed by atoms with Crippen LogP contribution in [-0.2, 0) is 10.0 Å². The van der Waals surface area contributed by atoms with Crippen molar-refractivity contribution in [3.05, 3.63) is 0 Å². The molecule has 0 aromatic heterocycles. The Morgan fingerprint density at radius 1 is 1.35 bits per heavy atom. The first-order valence-corrected chi connectivity index (χ1v) is 7.90. The molecule has 0 amide bonds.